The van der Waals surface area contributed by atoms with E-state index in [1.54, 1.807) is 0 Å². The monoisotopic (exact) mass is 323 g/mol. The predicted molar refractivity (Wildman–Crippen MR) is 46.5 cm³/mol. The summed E-state index contributed by atoms with van der Waals surface area (Å²) < 4.78 is 96.0. The summed E-state index contributed by atoms with van der Waals surface area (Å²) in [4.78, 5) is 0. The molecule has 1 atom stereocenters. The second-order valence-electron chi connectivity index (χ2n) is 1.90. The second kappa shape index (κ2) is 4.94. The number of rotatable bonds is 6. The largest absolute Gasteiger partial charge is 0.386 e. The Morgan fingerprint density at radius 3 is 1.56 bits per heavy atom. The molecule has 3 N–H and O–H groups in total. The van der Waals surface area contributed by atoms with Crippen molar-refractivity contribution in [2.45, 2.75) is 0 Å². The van der Waals surface area contributed by atoms with E-state index in [1.165, 1.54) is 0 Å². The first-order valence-electron chi connectivity index (χ1n) is 2.70. The number of hydrogen-bond donors (Lipinski definition) is 3. The third-order valence-electron chi connectivity index (χ3n) is 0.570. The molecule has 0 saturated carbocycles. The van der Waals surface area contributed by atoms with Crippen molar-refractivity contribution in [2.24, 2.45) is 0 Å². The SMILES string of the molecule is O=S(NS(=O)(=O)F)NS(=O)(=O)NS(=O)(=O)F. The fourth-order valence-corrected chi connectivity index (χ4v) is 3.81. The second-order valence-corrected chi connectivity index (χ2v) is 7.19. The molecule has 0 radical (unpaired) electrons. The van der Waals surface area contributed by atoms with Crippen molar-refractivity contribution in [3.8, 4) is 0 Å². The van der Waals surface area contributed by atoms with E-state index in [-0.39, 0.29) is 0 Å². The summed E-state index contributed by atoms with van der Waals surface area (Å²) in [5.41, 5.74) is 0. The molecular formula is H3F2N3O7S4. The highest BCUT2D eigenvalue weighted by molar-refractivity contribution is 8.09. The van der Waals surface area contributed by atoms with E-state index >= 15 is 0 Å². The zero-order valence-corrected chi connectivity index (χ0v) is 10.0. The van der Waals surface area contributed by atoms with E-state index in [1.807, 2.05) is 0 Å². The zero-order chi connectivity index (χ0) is 13.2. The molecule has 0 heterocycles. The minimum absolute atomic E-state index is 0.328. The Morgan fingerprint density at radius 1 is 0.812 bits per heavy atom. The number of hydrogen-bond acceptors (Lipinski definition) is 7. The van der Waals surface area contributed by atoms with Gasteiger partial charge in [0.15, 0.2) is 11.2 Å². The Kier molecular flexibility index (Phi) is 4.86. The van der Waals surface area contributed by atoms with Crippen molar-refractivity contribution in [3.63, 3.8) is 0 Å². The molecule has 0 aliphatic carbocycles. The smallest absolute Gasteiger partial charge is 0.223 e. The lowest BCUT2D eigenvalue weighted by atomic mass is 13.8. The van der Waals surface area contributed by atoms with Gasteiger partial charge >= 0.3 is 31.0 Å². The highest BCUT2D eigenvalue weighted by Crippen LogP contribution is 1.90. The van der Waals surface area contributed by atoms with Gasteiger partial charge in [0.25, 0.3) is 0 Å². The lowest BCUT2D eigenvalue weighted by molar-refractivity contribution is 0.541. The van der Waals surface area contributed by atoms with Crippen LogP contribution in [0.25, 0.3) is 0 Å². The van der Waals surface area contributed by atoms with E-state index < -0.39 is 42.2 Å². The molecule has 0 bridgehead atoms. The molecule has 1 unspecified atom stereocenters. The molecule has 0 amide bonds. The third kappa shape index (κ3) is 9.00. The maximum atomic E-state index is 11.8. The molecule has 98 valence electrons. The fraction of sp³-hybridized carbons (Fsp3) is 0. The Balaban J connectivity index is 4.70. The van der Waals surface area contributed by atoms with E-state index in [0.29, 0.717) is 8.25 Å². The summed E-state index contributed by atoms with van der Waals surface area (Å²) in [7, 11) is -16.3. The van der Waals surface area contributed by atoms with Crippen LogP contribution in [0.4, 0.5) is 7.77 Å². The Hall–Kier alpha value is -0.260. The normalized spacial score (nSPS) is 15.9. The van der Waals surface area contributed by atoms with E-state index in [2.05, 4.69) is 0 Å². The topological polar surface area (TPSA) is 156 Å². The first kappa shape index (κ1) is 15.7. The van der Waals surface area contributed by atoms with Gasteiger partial charge < -0.3 is 0 Å². The van der Waals surface area contributed by atoms with Crippen molar-refractivity contribution in [3.05, 3.63) is 0 Å². The summed E-state index contributed by atoms with van der Waals surface area (Å²) in [5, 5.41) is 0. The van der Waals surface area contributed by atoms with E-state index in [9.17, 15) is 37.2 Å². The molecule has 10 nitrogen and oxygen atoms in total. The predicted octanol–water partition coefficient (Wildman–Crippen LogP) is -2.99. The van der Waals surface area contributed by atoms with Crippen LogP contribution in [0.3, 0.4) is 0 Å². The van der Waals surface area contributed by atoms with Crippen LogP contribution in [0.1, 0.15) is 0 Å². The molecule has 0 aromatic carbocycles. The van der Waals surface area contributed by atoms with Crippen LogP contribution in [-0.4, -0.2) is 29.5 Å². The summed E-state index contributed by atoms with van der Waals surface area (Å²) in [5.74, 6) is 0. The van der Waals surface area contributed by atoms with Gasteiger partial charge in [0.05, 0.1) is 0 Å². The van der Waals surface area contributed by atoms with Crippen molar-refractivity contribution < 1.29 is 37.2 Å². The average Bonchev–Trinajstić information content (AvgIpc) is 1.70. The third-order valence-corrected chi connectivity index (χ3v) is 5.13. The molecule has 16 heavy (non-hydrogen) atoms. The Morgan fingerprint density at radius 2 is 1.25 bits per heavy atom. The average molecular weight is 323 g/mol. The van der Waals surface area contributed by atoms with Gasteiger partial charge in [-0.15, -0.1) is 4.13 Å². The molecule has 0 spiro atoms. The van der Waals surface area contributed by atoms with Gasteiger partial charge in [-0.25, -0.2) is 4.21 Å². The van der Waals surface area contributed by atoms with Crippen LogP contribution < -0.4 is 12.4 Å². The molecule has 0 rings (SSSR count). The minimum atomic E-state index is -5.68. The van der Waals surface area contributed by atoms with Gasteiger partial charge in [-0.2, -0.15) is 25.3 Å². The standard InChI is InChI=1S/F2H3N3O7S4/c1-14(7,8)3-13(6)4-16(11,12)5-15(2,9)10/h3-5H. The number of halogens is 2. The van der Waals surface area contributed by atoms with Gasteiger partial charge in [0, 0.05) is 0 Å². The zero-order valence-electron chi connectivity index (χ0n) is 6.75. The maximum Gasteiger partial charge on any atom is 0.386 e. The summed E-state index contributed by atoms with van der Waals surface area (Å²) in [6.45, 7) is 0. The summed E-state index contributed by atoms with van der Waals surface area (Å²) in [6, 6.07) is 0. The lowest BCUT2D eigenvalue weighted by Crippen LogP contribution is -2.43. The molecular weight excluding hydrogens is 320 g/mol. The highest BCUT2D eigenvalue weighted by Gasteiger charge is 2.23. The van der Waals surface area contributed by atoms with Crippen LogP contribution in [-0.2, 0) is 42.2 Å². The molecule has 0 aliphatic heterocycles. The molecule has 0 aromatic heterocycles. The molecule has 0 aromatic rings. The first-order valence-corrected chi connectivity index (χ1v) is 8.10. The van der Waals surface area contributed by atoms with Crippen molar-refractivity contribution >= 4 is 42.2 Å². The molecule has 0 saturated heterocycles. The quantitative estimate of drug-likeness (QED) is 0.440. The van der Waals surface area contributed by atoms with Crippen LogP contribution in [0.15, 0.2) is 0 Å². The summed E-state index contributed by atoms with van der Waals surface area (Å²) in [6.07, 6.45) is 0. The molecule has 0 fully saturated rings. The van der Waals surface area contributed by atoms with Gasteiger partial charge in [-0.3, -0.25) is 0 Å². The van der Waals surface area contributed by atoms with Gasteiger partial charge in [0.2, 0.25) is 0 Å². The Bertz CT molecular complexity index is 569. The van der Waals surface area contributed by atoms with Gasteiger partial charge in [0.1, 0.15) is 0 Å². The minimum Gasteiger partial charge on any atom is -0.223 e. The van der Waals surface area contributed by atoms with Gasteiger partial charge in [-0.1, -0.05) is 16.0 Å². The van der Waals surface area contributed by atoms with Gasteiger partial charge in [-0.05, 0) is 0 Å². The first-order chi connectivity index (χ1) is 6.81. The molecule has 0 aliphatic rings. The van der Waals surface area contributed by atoms with Crippen LogP contribution in [0.5, 0.6) is 0 Å². The number of nitrogens with one attached hydrogen (secondary N) is 3. The highest BCUT2D eigenvalue weighted by atomic mass is 32.3. The van der Waals surface area contributed by atoms with E-state index in [4.69, 9.17) is 0 Å². The summed E-state index contributed by atoms with van der Waals surface area (Å²) >= 11 is -3.24. The van der Waals surface area contributed by atoms with Crippen molar-refractivity contribution in [2.75, 3.05) is 0 Å². The fourth-order valence-electron chi connectivity index (χ4n) is 0.355. The van der Waals surface area contributed by atoms with Crippen molar-refractivity contribution in [1.82, 2.24) is 12.4 Å². The lowest BCUT2D eigenvalue weighted by Gasteiger charge is -2.03. The van der Waals surface area contributed by atoms with Crippen LogP contribution >= 0.6 is 0 Å². The van der Waals surface area contributed by atoms with Crippen molar-refractivity contribution in [1.29, 1.82) is 0 Å². The van der Waals surface area contributed by atoms with Crippen LogP contribution in [0.2, 0.25) is 0 Å². The maximum absolute atomic E-state index is 11.8. The van der Waals surface area contributed by atoms with Crippen LogP contribution in [0, 0.1) is 0 Å². The Labute approximate surface area is 92.0 Å². The van der Waals surface area contributed by atoms with E-state index in [0.717, 1.165) is 4.13 Å². The molecule has 16 heteroatoms.